The summed E-state index contributed by atoms with van der Waals surface area (Å²) >= 11 is 0. The molecule has 1 heterocycles. The van der Waals surface area contributed by atoms with Crippen LogP contribution >= 0.6 is 0 Å². The summed E-state index contributed by atoms with van der Waals surface area (Å²) in [5.41, 5.74) is 4.02. The maximum atomic E-state index is 12.2. The first-order valence-corrected chi connectivity index (χ1v) is 5.54. The SMILES string of the molecule is CS(=O)(=O)c1cc(C(F)(F)F)cnc1N. The molecule has 8 heteroatoms. The summed E-state index contributed by atoms with van der Waals surface area (Å²) in [6, 6.07) is 0.470. The van der Waals surface area contributed by atoms with Crippen LogP contribution in [0.4, 0.5) is 19.0 Å². The van der Waals surface area contributed by atoms with Crippen molar-refractivity contribution in [3.63, 3.8) is 0 Å². The Morgan fingerprint density at radius 3 is 2.33 bits per heavy atom. The van der Waals surface area contributed by atoms with Gasteiger partial charge in [0.05, 0.1) is 5.56 Å². The molecule has 1 aromatic heterocycles. The molecule has 0 aliphatic heterocycles. The van der Waals surface area contributed by atoms with Crippen LogP contribution in [0.25, 0.3) is 0 Å². The fourth-order valence-corrected chi connectivity index (χ4v) is 1.68. The van der Waals surface area contributed by atoms with Gasteiger partial charge in [-0.05, 0) is 6.07 Å². The zero-order chi connectivity index (χ0) is 11.9. The third kappa shape index (κ3) is 2.58. The van der Waals surface area contributed by atoms with Crippen molar-refractivity contribution in [2.45, 2.75) is 11.1 Å². The Morgan fingerprint density at radius 2 is 1.93 bits per heavy atom. The molecule has 0 fully saturated rings. The van der Waals surface area contributed by atoms with Gasteiger partial charge in [0.1, 0.15) is 10.7 Å². The molecule has 0 saturated carbocycles. The fourth-order valence-electron chi connectivity index (χ4n) is 0.907. The molecular weight excluding hydrogens is 233 g/mol. The van der Waals surface area contributed by atoms with Crippen LogP contribution in [0.2, 0.25) is 0 Å². The molecule has 0 aliphatic carbocycles. The van der Waals surface area contributed by atoms with E-state index < -0.39 is 32.3 Å². The Morgan fingerprint density at radius 1 is 1.40 bits per heavy atom. The van der Waals surface area contributed by atoms with Gasteiger partial charge in [0.25, 0.3) is 0 Å². The molecule has 0 bridgehead atoms. The normalized spacial score (nSPS) is 12.8. The monoisotopic (exact) mass is 240 g/mol. The van der Waals surface area contributed by atoms with Gasteiger partial charge in [-0.15, -0.1) is 0 Å². The van der Waals surface area contributed by atoms with Gasteiger partial charge in [-0.25, -0.2) is 13.4 Å². The van der Waals surface area contributed by atoms with Crippen LogP contribution in [-0.2, 0) is 16.0 Å². The average molecular weight is 240 g/mol. The quantitative estimate of drug-likeness (QED) is 0.797. The Kier molecular flexibility index (Phi) is 2.64. The predicted octanol–water partition coefficient (Wildman–Crippen LogP) is 1.09. The first kappa shape index (κ1) is 11.8. The number of pyridine rings is 1. The minimum atomic E-state index is -4.64. The second-order valence-electron chi connectivity index (χ2n) is 2.88. The lowest BCUT2D eigenvalue weighted by Crippen LogP contribution is -2.10. The Balaban J connectivity index is 3.43. The number of hydrogen-bond acceptors (Lipinski definition) is 4. The van der Waals surface area contributed by atoms with Crippen LogP contribution in [-0.4, -0.2) is 19.7 Å². The van der Waals surface area contributed by atoms with E-state index in [-0.39, 0.29) is 0 Å². The molecule has 0 aliphatic rings. The lowest BCUT2D eigenvalue weighted by Gasteiger charge is -2.08. The number of rotatable bonds is 1. The number of nitrogen functional groups attached to an aromatic ring is 1. The second-order valence-corrected chi connectivity index (χ2v) is 4.86. The third-order valence-electron chi connectivity index (χ3n) is 1.61. The summed E-state index contributed by atoms with van der Waals surface area (Å²) in [7, 11) is -3.80. The van der Waals surface area contributed by atoms with Gasteiger partial charge in [-0.2, -0.15) is 13.2 Å². The van der Waals surface area contributed by atoms with Gasteiger partial charge >= 0.3 is 6.18 Å². The number of alkyl halides is 3. The zero-order valence-corrected chi connectivity index (χ0v) is 8.35. The van der Waals surface area contributed by atoms with Gasteiger partial charge < -0.3 is 5.73 Å². The van der Waals surface area contributed by atoms with Crippen LogP contribution < -0.4 is 5.73 Å². The highest BCUT2D eigenvalue weighted by Crippen LogP contribution is 2.31. The van der Waals surface area contributed by atoms with Crippen molar-refractivity contribution in [1.29, 1.82) is 0 Å². The maximum Gasteiger partial charge on any atom is 0.417 e. The first-order valence-electron chi connectivity index (χ1n) is 3.65. The minimum absolute atomic E-state index is 0.439. The second kappa shape index (κ2) is 3.37. The lowest BCUT2D eigenvalue weighted by atomic mass is 10.3. The van der Waals surface area contributed by atoms with Gasteiger partial charge in [0.15, 0.2) is 9.84 Å². The average Bonchev–Trinajstić information content (AvgIpc) is 2.00. The van der Waals surface area contributed by atoms with Gasteiger partial charge in [-0.1, -0.05) is 0 Å². The molecule has 4 nitrogen and oxygen atoms in total. The van der Waals surface area contributed by atoms with E-state index in [1.54, 1.807) is 0 Å². The molecule has 0 radical (unpaired) electrons. The molecule has 15 heavy (non-hydrogen) atoms. The van der Waals surface area contributed by atoms with Crippen molar-refractivity contribution in [3.8, 4) is 0 Å². The number of nitrogens with zero attached hydrogens (tertiary/aromatic N) is 1. The number of sulfone groups is 1. The maximum absolute atomic E-state index is 12.2. The summed E-state index contributed by atoms with van der Waals surface area (Å²) < 4.78 is 58.7. The van der Waals surface area contributed by atoms with E-state index in [9.17, 15) is 21.6 Å². The molecule has 1 aromatic rings. The molecule has 0 spiro atoms. The van der Waals surface area contributed by atoms with Crippen molar-refractivity contribution in [2.24, 2.45) is 0 Å². The van der Waals surface area contributed by atoms with E-state index in [2.05, 4.69) is 4.98 Å². The standard InChI is InChI=1S/C7H7F3N2O2S/c1-15(13,14)5-2-4(7(8,9)10)3-12-6(5)11/h2-3H,1H3,(H2,11,12). The van der Waals surface area contributed by atoms with Crippen molar-refractivity contribution in [3.05, 3.63) is 17.8 Å². The number of aromatic nitrogens is 1. The minimum Gasteiger partial charge on any atom is -0.383 e. The highest BCUT2D eigenvalue weighted by Gasteiger charge is 2.32. The van der Waals surface area contributed by atoms with Crippen molar-refractivity contribution in [2.75, 3.05) is 12.0 Å². The van der Waals surface area contributed by atoms with Crippen LogP contribution in [0.1, 0.15) is 5.56 Å². The Bertz CT molecular complexity index is 481. The number of halogens is 3. The number of anilines is 1. The largest absolute Gasteiger partial charge is 0.417 e. The van der Waals surface area contributed by atoms with E-state index in [4.69, 9.17) is 5.73 Å². The van der Waals surface area contributed by atoms with E-state index in [1.807, 2.05) is 0 Å². The molecule has 1 rings (SSSR count). The van der Waals surface area contributed by atoms with E-state index in [1.165, 1.54) is 0 Å². The summed E-state index contributed by atoms with van der Waals surface area (Å²) in [4.78, 5) is 2.58. The Hall–Kier alpha value is -1.31. The zero-order valence-electron chi connectivity index (χ0n) is 7.54. The Labute approximate surface area is 83.8 Å². The van der Waals surface area contributed by atoms with Crippen molar-refractivity contribution in [1.82, 2.24) is 4.98 Å². The molecule has 2 N–H and O–H groups in total. The molecule has 0 aromatic carbocycles. The number of nitrogens with two attached hydrogens (primary N) is 1. The van der Waals surface area contributed by atoms with E-state index >= 15 is 0 Å². The topological polar surface area (TPSA) is 73.0 Å². The van der Waals surface area contributed by atoms with Gasteiger partial charge in [0.2, 0.25) is 0 Å². The number of hydrogen-bond donors (Lipinski definition) is 1. The molecule has 84 valence electrons. The lowest BCUT2D eigenvalue weighted by molar-refractivity contribution is -0.137. The smallest absolute Gasteiger partial charge is 0.383 e. The first-order chi connectivity index (χ1) is 6.62. The van der Waals surface area contributed by atoms with Crippen LogP contribution in [0.3, 0.4) is 0 Å². The van der Waals surface area contributed by atoms with E-state index in [0.29, 0.717) is 12.3 Å². The highest BCUT2D eigenvalue weighted by atomic mass is 32.2. The molecule has 0 atom stereocenters. The summed E-state index contributed by atoms with van der Waals surface area (Å²) in [5.74, 6) is -0.439. The summed E-state index contributed by atoms with van der Waals surface area (Å²) in [5, 5.41) is 0. The predicted molar refractivity (Wildman–Crippen MR) is 46.8 cm³/mol. The summed E-state index contributed by atoms with van der Waals surface area (Å²) in [6.45, 7) is 0. The fraction of sp³-hybridized carbons (Fsp3) is 0.286. The van der Waals surface area contributed by atoms with Gasteiger partial charge in [0, 0.05) is 12.5 Å². The highest BCUT2D eigenvalue weighted by molar-refractivity contribution is 7.90. The van der Waals surface area contributed by atoms with Crippen molar-refractivity contribution < 1.29 is 21.6 Å². The summed E-state index contributed by atoms with van der Waals surface area (Å²) in [6.07, 6.45) is -3.38. The molecule has 0 amide bonds. The van der Waals surface area contributed by atoms with Gasteiger partial charge in [-0.3, -0.25) is 0 Å². The van der Waals surface area contributed by atoms with Crippen LogP contribution in [0.5, 0.6) is 0 Å². The molecule has 0 unspecified atom stereocenters. The third-order valence-corrected chi connectivity index (χ3v) is 2.73. The van der Waals surface area contributed by atoms with Crippen LogP contribution in [0.15, 0.2) is 17.2 Å². The molecule has 0 saturated heterocycles. The van der Waals surface area contributed by atoms with Crippen molar-refractivity contribution >= 4 is 15.7 Å². The van der Waals surface area contributed by atoms with Crippen LogP contribution in [0, 0.1) is 0 Å². The van der Waals surface area contributed by atoms with E-state index in [0.717, 1.165) is 6.26 Å². The molecular formula is C7H7F3N2O2S.